The minimum atomic E-state index is -3.25. The molecule has 7 nitrogen and oxygen atoms in total. The van der Waals surface area contributed by atoms with E-state index in [1.807, 2.05) is 45.1 Å². The van der Waals surface area contributed by atoms with Crippen LogP contribution in [0.25, 0.3) is 0 Å². The highest BCUT2D eigenvalue weighted by Crippen LogP contribution is 2.05. The first-order chi connectivity index (χ1) is 10.0. The number of rotatable bonds is 6. The summed E-state index contributed by atoms with van der Waals surface area (Å²) in [5.74, 6) is 0.713. The van der Waals surface area contributed by atoms with Crippen LogP contribution in [0.15, 0.2) is 23.3 Å². The highest BCUT2D eigenvalue weighted by atomic mass is 32.2. The Morgan fingerprint density at radius 3 is 2.55 bits per heavy atom. The molecule has 0 saturated heterocycles. The van der Waals surface area contributed by atoms with Crippen LogP contribution < -0.4 is 10.0 Å². The van der Waals surface area contributed by atoms with Crippen molar-refractivity contribution in [1.29, 1.82) is 0 Å². The molecule has 1 aromatic heterocycles. The summed E-state index contributed by atoms with van der Waals surface area (Å²) in [6.07, 6.45) is 3.16. The Bertz CT molecular complexity index is 619. The van der Waals surface area contributed by atoms with Crippen LogP contribution in [0.1, 0.15) is 19.5 Å². The number of hydrogen-bond donors (Lipinski definition) is 2. The molecule has 0 aliphatic rings. The normalized spacial score (nSPS) is 13.3. The molecule has 2 N–H and O–H groups in total. The van der Waals surface area contributed by atoms with E-state index in [1.54, 1.807) is 7.05 Å². The fraction of sp³-hybridized carbons (Fsp3) is 0.643. The zero-order chi connectivity index (χ0) is 17.0. The SMILES string of the molecule is CN=C(NCC(C)(C)NS(C)(=O)=O)N(C)Cc1cccn1C. The summed E-state index contributed by atoms with van der Waals surface area (Å²) in [6, 6.07) is 4.05. The fourth-order valence-corrected chi connectivity index (χ4v) is 3.28. The first kappa shape index (κ1) is 18.5. The third kappa shape index (κ3) is 6.07. The number of hydrogen-bond acceptors (Lipinski definition) is 3. The summed E-state index contributed by atoms with van der Waals surface area (Å²) < 4.78 is 27.4. The van der Waals surface area contributed by atoms with Crippen molar-refractivity contribution < 1.29 is 8.42 Å². The second-order valence-corrected chi connectivity index (χ2v) is 7.87. The average molecular weight is 329 g/mol. The Labute approximate surface area is 133 Å². The predicted molar refractivity (Wildman–Crippen MR) is 90.3 cm³/mol. The van der Waals surface area contributed by atoms with Gasteiger partial charge in [-0.1, -0.05) is 0 Å². The van der Waals surface area contributed by atoms with Crippen LogP contribution in [0.5, 0.6) is 0 Å². The lowest BCUT2D eigenvalue weighted by Crippen LogP contribution is -2.53. The summed E-state index contributed by atoms with van der Waals surface area (Å²) >= 11 is 0. The molecule has 0 atom stereocenters. The quantitative estimate of drug-likeness (QED) is 0.583. The van der Waals surface area contributed by atoms with Gasteiger partial charge in [-0.3, -0.25) is 4.99 Å². The van der Waals surface area contributed by atoms with Crippen molar-refractivity contribution in [1.82, 2.24) is 19.5 Å². The van der Waals surface area contributed by atoms with E-state index in [0.29, 0.717) is 19.0 Å². The maximum atomic E-state index is 11.4. The van der Waals surface area contributed by atoms with Crippen LogP contribution >= 0.6 is 0 Å². The number of nitrogens with one attached hydrogen (secondary N) is 2. The molecule has 0 saturated carbocycles. The fourth-order valence-electron chi connectivity index (χ4n) is 2.20. The van der Waals surface area contributed by atoms with Gasteiger partial charge >= 0.3 is 0 Å². The van der Waals surface area contributed by atoms with Crippen LogP contribution in [0.4, 0.5) is 0 Å². The lowest BCUT2D eigenvalue weighted by Gasteiger charge is -2.29. The molecule has 0 amide bonds. The van der Waals surface area contributed by atoms with Crippen molar-refractivity contribution in [2.24, 2.45) is 12.0 Å². The molecule has 8 heteroatoms. The number of guanidine groups is 1. The second kappa shape index (κ2) is 7.15. The average Bonchev–Trinajstić information content (AvgIpc) is 2.72. The van der Waals surface area contributed by atoms with Gasteiger partial charge in [0.2, 0.25) is 10.0 Å². The van der Waals surface area contributed by atoms with Crippen molar-refractivity contribution >= 4 is 16.0 Å². The third-order valence-electron chi connectivity index (χ3n) is 3.17. The van der Waals surface area contributed by atoms with Gasteiger partial charge in [-0.2, -0.15) is 0 Å². The van der Waals surface area contributed by atoms with E-state index in [9.17, 15) is 8.42 Å². The van der Waals surface area contributed by atoms with Gasteiger partial charge in [-0.15, -0.1) is 0 Å². The van der Waals surface area contributed by atoms with Gasteiger partial charge in [-0.25, -0.2) is 13.1 Å². The number of aromatic nitrogens is 1. The number of aliphatic imine (C=N–C) groups is 1. The molecule has 0 bridgehead atoms. The molecule has 1 heterocycles. The first-order valence-corrected chi connectivity index (χ1v) is 8.94. The molecule has 0 radical (unpaired) electrons. The van der Waals surface area contributed by atoms with E-state index in [4.69, 9.17) is 0 Å². The van der Waals surface area contributed by atoms with E-state index < -0.39 is 15.6 Å². The summed E-state index contributed by atoms with van der Waals surface area (Å²) in [6.45, 7) is 4.80. The van der Waals surface area contributed by atoms with Crippen LogP contribution in [-0.4, -0.2) is 56.3 Å². The molecule has 0 aliphatic heterocycles. The molecule has 0 aliphatic carbocycles. The summed E-state index contributed by atoms with van der Waals surface area (Å²) in [5.41, 5.74) is 0.564. The molecule has 22 heavy (non-hydrogen) atoms. The number of nitrogens with zero attached hydrogens (tertiary/aromatic N) is 3. The van der Waals surface area contributed by atoms with Gasteiger partial charge in [0.25, 0.3) is 0 Å². The van der Waals surface area contributed by atoms with Crippen molar-refractivity contribution in [2.75, 3.05) is 26.9 Å². The summed E-state index contributed by atoms with van der Waals surface area (Å²) in [7, 11) is 2.40. The Morgan fingerprint density at radius 1 is 1.45 bits per heavy atom. The topological polar surface area (TPSA) is 78.7 Å². The van der Waals surface area contributed by atoms with E-state index >= 15 is 0 Å². The zero-order valence-corrected chi connectivity index (χ0v) is 15.0. The molecule has 126 valence electrons. The molecule has 1 rings (SSSR count). The maximum absolute atomic E-state index is 11.4. The van der Waals surface area contributed by atoms with Gasteiger partial charge in [0.15, 0.2) is 5.96 Å². The maximum Gasteiger partial charge on any atom is 0.209 e. The van der Waals surface area contributed by atoms with Crippen molar-refractivity contribution in [2.45, 2.75) is 25.9 Å². The van der Waals surface area contributed by atoms with Gasteiger partial charge in [0, 0.05) is 45.1 Å². The van der Waals surface area contributed by atoms with Crippen molar-refractivity contribution in [3.63, 3.8) is 0 Å². The smallest absolute Gasteiger partial charge is 0.209 e. The standard InChI is InChI=1S/C14H27N5O2S/c1-14(2,17-22(6,20)21)11-16-13(15-3)19(5)10-12-8-7-9-18(12)4/h7-9,17H,10-11H2,1-6H3,(H,15,16). The Morgan fingerprint density at radius 2 is 2.09 bits per heavy atom. The number of sulfonamides is 1. The predicted octanol–water partition coefficient (Wildman–Crippen LogP) is 0.360. The zero-order valence-electron chi connectivity index (χ0n) is 14.2. The van der Waals surface area contributed by atoms with E-state index in [1.165, 1.54) is 5.69 Å². The minimum absolute atomic E-state index is 0.435. The third-order valence-corrected chi connectivity index (χ3v) is 4.10. The van der Waals surface area contributed by atoms with Crippen LogP contribution in [0.3, 0.4) is 0 Å². The molecule has 0 fully saturated rings. The summed E-state index contributed by atoms with van der Waals surface area (Å²) in [4.78, 5) is 6.23. The Kier molecular flexibility index (Phi) is 6.01. The molecule has 0 unspecified atom stereocenters. The second-order valence-electron chi connectivity index (χ2n) is 6.13. The van der Waals surface area contributed by atoms with E-state index in [2.05, 4.69) is 25.7 Å². The van der Waals surface area contributed by atoms with Gasteiger partial charge in [-0.05, 0) is 26.0 Å². The highest BCUT2D eigenvalue weighted by molar-refractivity contribution is 7.88. The van der Waals surface area contributed by atoms with Gasteiger partial charge < -0.3 is 14.8 Å². The molecular formula is C14H27N5O2S. The van der Waals surface area contributed by atoms with Crippen LogP contribution in [0.2, 0.25) is 0 Å². The van der Waals surface area contributed by atoms with Crippen LogP contribution in [-0.2, 0) is 23.6 Å². The Hall–Kier alpha value is -1.54. The van der Waals surface area contributed by atoms with Gasteiger partial charge in [0.1, 0.15) is 0 Å². The van der Waals surface area contributed by atoms with E-state index in [0.717, 1.165) is 6.26 Å². The molecular weight excluding hydrogens is 302 g/mol. The number of aryl methyl sites for hydroxylation is 1. The van der Waals surface area contributed by atoms with Crippen LogP contribution in [0, 0.1) is 0 Å². The molecule has 0 spiro atoms. The van der Waals surface area contributed by atoms with Crippen molar-refractivity contribution in [3.05, 3.63) is 24.0 Å². The van der Waals surface area contributed by atoms with Crippen molar-refractivity contribution in [3.8, 4) is 0 Å². The minimum Gasteiger partial charge on any atom is -0.354 e. The van der Waals surface area contributed by atoms with E-state index in [-0.39, 0.29) is 0 Å². The largest absolute Gasteiger partial charge is 0.354 e. The molecule has 0 aromatic carbocycles. The Balaban J connectivity index is 2.64. The highest BCUT2D eigenvalue weighted by Gasteiger charge is 2.23. The lowest BCUT2D eigenvalue weighted by atomic mass is 10.1. The monoisotopic (exact) mass is 329 g/mol. The molecule has 1 aromatic rings. The lowest BCUT2D eigenvalue weighted by molar-refractivity contribution is 0.418. The van der Waals surface area contributed by atoms with Gasteiger partial charge in [0.05, 0.1) is 12.8 Å². The summed E-state index contributed by atoms with van der Waals surface area (Å²) in [5, 5.41) is 3.20. The first-order valence-electron chi connectivity index (χ1n) is 7.05.